The van der Waals surface area contributed by atoms with Crippen molar-refractivity contribution in [3.63, 3.8) is 0 Å². The lowest BCUT2D eigenvalue weighted by Gasteiger charge is -2.10. The van der Waals surface area contributed by atoms with Crippen LogP contribution in [0, 0.1) is 5.92 Å². The Bertz CT molecular complexity index is 325. The first-order valence-corrected chi connectivity index (χ1v) is 4.65. The number of aromatic nitrogens is 1. The summed E-state index contributed by atoms with van der Waals surface area (Å²) < 4.78 is 0. The molecule has 1 aromatic rings. The third-order valence-corrected chi connectivity index (χ3v) is 2.54. The van der Waals surface area contributed by atoms with E-state index in [-0.39, 0.29) is 0 Å². The Morgan fingerprint density at radius 1 is 1.62 bits per heavy atom. The molecule has 1 atom stereocenters. The molecule has 1 aliphatic carbocycles. The molecule has 1 aliphatic rings. The van der Waals surface area contributed by atoms with Crippen LogP contribution in [0.25, 0.3) is 0 Å². The Morgan fingerprint density at radius 2 is 2.31 bits per heavy atom. The average Bonchev–Trinajstić information content (AvgIpc) is 2.85. The van der Waals surface area contributed by atoms with Crippen LogP contribution in [0.3, 0.4) is 0 Å². The number of aliphatic hydroxyl groups excluding tert-OH is 1. The molecule has 13 heavy (non-hydrogen) atoms. The van der Waals surface area contributed by atoms with Crippen LogP contribution < -0.4 is 5.73 Å². The standard InChI is InChI=1S/C9H11ClN2O/c10-7-3-6(11)4-12-8(7)9(13)5-1-2-5/h3-5,9,13H,1-2,11H2. The molecule has 4 heteroatoms. The van der Waals surface area contributed by atoms with Crippen molar-refractivity contribution in [1.29, 1.82) is 0 Å². The number of anilines is 1. The molecule has 0 aliphatic heterocycles. The Balaban J connectivity index is 2.28. The van der Waals surface area contributed by atoms with Crippen LogP contribution >= 0.6 is 11.6 Å². The fraction of sp³-hybridized carbons (Fsp3) is 0.444. The lowest BCUT2D eigenvalue weighted by atomic mass is 10.1. The molecule has 0 spiro atoms. The molecule has 3 N–H and O–H groups in total. The van der Waals surface area contributed by atoms with E-state index in [2.05, 4.69) is 4.98 Å². The number of halogens is 1. The molecule has 0 amide bonds. The maximum absolute atomic E-state index is 9.74. The molecule has 1 fully saturated rings. The van der Waals surface area contributed by atoms with Gasteiger partial charge in [0.1, 0.15) is 6.10 Å². The number of hydrogen-bond donors (Lipinski definition) is 2. The Labute approximate surface area is 81.5 Å². The number of rotatable bonds is 2. The summed E-state index contributed by atoms with van der Waals surface area (Å²) in [6, 6.07) is 1.62. The minimum atomic E-state index is -0.520. The molecule has 1 saturated carbocycles. The average molecular weight is 199 g/mol. The Hall–Kier alpha value is -0.800. The van der Waals surface area contributed by atoms with E-state index < -0.39 is 6.10 Å². The molecule has 1 unspecified atom stereocenters. The molecule has 0 aromatic carbocycles. The largest absolute Gasteiger partial charge is 0.397 e. The van der Waals surface area contributed by atoms with Crippen molar-refractivity contribution in [2.45, 2.75) is 18.9 Å². The van der Waals surface area contributed by atoms with Gasteiger partial charge in [0, 0.05) is 0 Å². The molecule has 70 valence electrons. The van der Waals surface area contributed by atoms with Crippen LogP contribution in [0.15, 0.2) is 12.3 Å². The van der Waals surface area contributed by atoms with Crippen molar-refractivity contribution in [1.82, 2.24) is 4.98 Å². The number of aliphatic hydroxyl groups is 1. The zero-order valence-corrected chi connectivity index (χ0v) is 7.83. The fourth-order valence-corrected chi connectivity index (χ4v) is 1.60. The van der Waals surface area contributed by atoms with Gasteiger partial charge in [-0.15, -0.1) is 0 Å². The summed E-state index contributed by atoms with van der Waals surface area (Å²) >= 11 is 5.89. The van der Waals surface area contributed by atoms with Crippen molar-refractivity contribution in [2.24, 2.45) is 5.92 Å². The number of hydrogen-bond acceptors (Lipinski definition) is 3. The van der Waals surface area contributed by atoms with Gasteiger partial charge in [-0.1, -0.05) is 11.6 Å². The zero-order valence-electron chi connectivity index (χ0n) is 7.07. The smallest absolute Gasteiger partial charge is 0.100 e. The summed E-state index contributed by atoms with van der Waals surface area (Å²) in [5.41, 5.74) is 6.57. The summed E-state index contributed by atoms with van der Waals surface area (Å²) in [6.45, 7) is 0. The van der Waals surface area contributed by atoms with Gasteiger partial charge in [-0.25, -0.2) is 0 Å². The molecular weight excluding hydrogens is 188 g/mol. The maximum atomic E-state index is 9.74. The van der Waals surface area contributed by atoms with Crippen LogP contribution in [0.2, 0.25) is 5.02 Å². The molecule has 1 aromatic heterocycles. The van der Waals surface area contributed by atoms with Crippen LogP contribution in [0.4, 0.5) is 5.69 Å². The third kappa shape index (κ3) is 1.76. The van der Waals surface area contributed by atoms with Crippen molar-refractivity contribution in [3.8, 4) is 0 Å². The highest BCUT2D eigenvalue weighted by Crippen LogP contribution is 2.42. The SMILES string of the molecule is Nc1cnc(C(O)C2CC2)c(Cl)c1. The van der Waals surface area contributed by atoms with Gasteiger partial charge >= 0.3 is 0 Å². The van der Waals surface area contributed by atoms with Gasteiger partial charge in [0.05, 0.1) is 22.6 Å². The number of nitrogens with zero attached hydrogens (tertiary/aromatic N) is 1. The minimum Gasteiger partial charge on any atom is -0.397 e. The van der Waals surface area contributed by atoms with Crippen LogP contribution in [-0.4, -0.2) is 10.1 Å². The lowest BCUT2D eigenvalue weighted by molar-refractivity contribution is 0.149. The second-order valence-corrected chi connectivity index (χ2v) is 3.83. The van der Waals surface area contributed by atoms with Crippen LogP contribution in [-0.2, 0) is 0 Å². The molecule has 3 nitrogen and oxygen atoms in total. The number of nitrogen functional groups attached to an aromatic ring is 1. The maximum Gasteiger partial charge on any atom is 0.100 e. The van der Waals surface area contributed by atoms with Crippen LogP contribution in [0.1, 0.15) is 24.6 Å². The predicted molar refractivity (Wildman–Crippen MR) is 51.3 cm³/mol. The van der Waals surface area contributed by atoms with E-state index in [9.17, 15) is 5.11 Å². The quantitative estimate of drug-likeness (QED) is 0.762. The summed E-state index contributed by atoms with van der Waals surface area (Å²) in [6.07, 6.45) is 3.12. The van der Waals surface area contributed by atoms with E-state index >= 15 is 0 Å². The molecule has 0 bridgehead atoms. The Morgan fingerprint density at radius 3 is 2.85 bits per heavy atom. The van der Waals surface area contributed by atoms with Crippen molar-refractivity contribution in [2.75, 3.05) is 5.73 Å². The summed E-state index contributed by atoms with van der Waals surface area (Å²) in [7, 11) is 0. The monoisotopic (exact) mass is 198 g/mol. The highest BCUT2D eigenvalue weighted by atomic mass is 35.5. The van der Waals surface area contributed by atoms with Crippen molar-refractivity contribution < 1.29 is 5.11 Å². The van der Waals surface area contributed by atoms with Crippen molar-refractivity contribution >= 4 is 17.3 Å². The second kappa shape index (κ2) is 3.16. The summed E-state index contributed by atoms with van der Waals surface area (Å²) in [4.78, 5) is 4.03. The van der Waals surface area contributed by atoms with Crippen molar-refractivity contribution in [3.05, 3.63) is 23.0 Å². The van der Waals surface area contributed by atoms with E-state index in [1.165, 1.54) is 6.20 Å². The van der Waals surface area contributed by atoms with Gasteiger partial charge in [-0.2, -0.15) is 0 Å². The Kier molecular flexibility index (Phi) is 2.14. The third-order valence-electron chi connectivity index (χ3n) is 2.24. The highest BCUT2D eigenvalue weighted by molar-refractivity contribution is 6.31. The van der Waals surface area contributed by atoms with E-state index in [4.69, 9.17) is 17.3 Å². The van der Waals surface area contributed by atoms with Gasteiger partial charge < -0.3 is 10.8 Å². The lowest BCUT2D eigenvalue weighted by Crippen LogP contribution is -2.04. The minimum absolute atomic E-state index is 0.341. The molecule has 2 rings (SSSR count). The molecule has 0 saturated heterocycles. The van der Waals surface area contributed by atoms with Gasteiger partial charge in [0.25, 0.3) is 0 Å². The molecule has 1 heterocycles. The zero-order chi connectivity index (χ0) is 9.42. The van der Waals surface area contributed by atoms with Gasteiger partial charge in [-0.05, 0) is 24.8 Å². The summed E-state index contributed by atoms with van der Waals surface area (Å²) in [5.74, 6) is 0.341. The van der Waals surface area contributed by atoms with Crippen LogP contribution in [0.5, 0.6) is 0 Å². The first kappa shape index (κ1) is 8.78. The first-order valence-electron chi connectivity index (χ1n) is 4.27. The topological polar surface area (TPSA) is 59.1 Å². The molecular formula is C9H11ClN2O. The highest BCUT2D eigenvalue weighted by Gasteiger charge is 2.32. The van der Waals surface area contributed by atoms with Gasteiger partial charge in [0.15, 0.2) is 0 Å². The predicted octanol–water partition coefficient (Wildman–Crippen LogP) is 1.76. The van der Waals surface area contributed by atoms with E-state index in [1.807, 2.05) is 0 Å². The fourth-order valence-electron chi connectivity index (χ4n) is 1.32. The van der Waals surface area contributed by atoms with Gasteiger partial charge in [-0.3, -0.25) is 4.98 Å². The van der Waals surface area contributed by atoms with E-state index in [1.54, 1.807) is 6.07 Å². The first-order chi connectivity index (χ1) is 6.18. The second-order valence-electron chi connectivity index (χ2n) is 3.42. The van der Waals surface area contributed by atoms with E-state index in [0.717, 1.165) is 12.8 Å². The normalized spacial score (nSPS) is 18.6. The number of nitrogens with two attached hydrogens (primary N) is 1. The van der Waals surface area contributed by atoms with Gasteiger partial charge in [0.2, 0.25) is 0 Å². The summed E-state index contributed by atoms with van der Waals surface area (Å²) in [5, 5.41) is 10.2. The number of pyridine rings is 1. The van der Waals surface area contributed by atoms with E-state index in [0.29, 0.717) is 22.3 Å². The molecule has 0 radical (unpaired) electrons.